The van der Waals surface area contributed by atoms with Gasteiger partial charge >= 0.3 is 0 Å². The van der Waals surface area contributed by atoms with E-state index >= 15 is 0 Å². The number of hydrogen-bond acceptors (Lipinski definition) is 3. The van der Waals surface area contributed by atoms with Crippen molar-refractivity contribution in [2.24, 2.45) is 5.41 Å². The van der Waals surface area contributed by atoms with Gasteiger partial charge in [0, 0.05) is 12.6 Å². The van der Waals surface area contributed by atoms with Crippen LogP contribution in [0.1, 0.15) is 40.0 Å². The molecule has 1 N–H and O–H groups in total. The molecular formula is C12H20N2O2. The molecule has 2 rings (SSSR count). The van der Waals surface area contributed by atoms with Gasteiger partial charge in [-0.25, -0.2) is 0 Å². The molecule has 0 aromatic heterocycles. The maximum absolute atomic E-state index is 11.9. The van der Waals surface area contributed by atoms with Crippen LogP contribution in [0.15, 0.2) is 0 Å². The number of amides is 2. The summed E-state index contributed by atoms with van der Waals surface area (Å²) in [6.07, 6.45) is 2.27. The summed E-state index contributed by atoms with van der Waals surface area (Å²) in [6, 6.07) is 0.127. The molecule has 2 atom stereocenters. The molecule has 4 nitrogen and oxygen atoms in total. The van der Waals surface area contributed by atoms with E-state index in [4.69, 9.17) is 0 Å². The average Bonchev–Trinajstić information content (AvgIpc) is 2.71. The summed E-state index contributed by atoms with van der Waals surface area (Å²) in [5, 5.41) is 3.30. The summed E-state index contributed by atoms with van der Waals surface area (Å²) in [6.45, 7) is 6.89. The van der Waals surface area contributed by atoms with Crippen LogP contribution in [0.25, 0.3) is 0 Å². The van der Waals surface area contributed by atoms with Gasteiger partial charge in [-0.2, -0.15) is 0 Å². The van der Waals surface area contributed by atoms with E-state index in [0.29, 0.717) is 24.4 Å². The predicted molar refractivity (Wildman–Crippen MR) is 60.7 cm³/mol. The molecule has 16 heavy (non-hydrogen) atoms. The first-order chi connectivity index (χ1) is 7.45. The molecule has 2 amide bonds. The van der Waals surface area contributed by atoms with Gasteiger partial charge in [0.15, 0.2) is 0 Å². The Labute approximate surface area is 96.4 Å². The third-order valence-corrected chi connectivity index (χ3v) is 3.61. The third kappa shape index (κ3) is 1.98. The molecule has 2 fully saturated rings. The zero-order valence-corrected chi connectivity index (χ0v) is 10.2. The van der Waals surface area contributed by atoms with Crippen molar-refractivity contribution in [2.75, 3.05) is 6.54 Å². The van der Waals surface area contributed by atoms with Crippen molar-refractivity contribution in [1.29, 1.82) is 0 Å². The average molecular weight is 224 g/mol. The van der Waals surface area contributed by atoms with Crippen molar-refractivity contribution in [2.45, 2.75) is 52.1 Å². The normalized spacial score (nSPS) is 32.3. The first-order valence-electron chi connectivity index (χ1n) is 6.06. The van der Waals surface area contributed by atoms with Gasteiger partial charge in [0.25, 0.3) is 0 Å². The van der Waals surface area contributed by atoms with Crippen molar-refractivity contribution in [3.8, 4) is 0 Å². The van der Waals surface area contributed by atoms with Gasteiger partial charge < -0.3 is 5.32 Å². The molecule has 2 unspecified atom stereocenters. The Morgan fingerprint density at radius 1 is 1.44 bits per heavy atom. The topological polar surface area (TPSA) is 49.4 Å². The number of rotatable bonds is 4. The predicted octanol–water partition coefficient (Wildman–Crippen LogP) is 0.912. The Morgan fingerprint density at radius 3 is 2.56 bits per heavy atom. The van der Waals surface area contributed by atoms with Gasteiger partial charge in [0.05, 0.1) is 12.5 Å². The molecule has 0 spiro atoms. The standard InChI is InChI=1S/C12H20N2O2/c1-4-5-14-10(15)6-8(11(14)16)13-9-7-12(9,2)3/h8-9,13H,4-7H2,1-3H3. The molecule has 1 heterocycles. The molecule has 0 aromatic rings. The van der Waals surface area contributed by atoms with Gasteiger partial charge in [-0.1, -0.05) is 20.8 Å². The Bertz CT molecular complexity index is 325. The minimum absolute atomic E-state index is 0.0252. The lowest BCUT2D eigenvalue weighted by molar-refractivity contribution is -0.138. The first-order valence-corrected chi connectivity index (χ1v) is 6.06. The van der Waals surface area contributed by atoms with Crippen molar-refractivity contribution >= 4 is 11.8 Å². The van der Waals surface area contributed by atoms with E-state index < -0.39 is 0 Å². The zero-order chi connectivity index (χ0) is 11.9. The molecule has 90 valence electrons. The van der Waals surface area contributed by atoms with Crippen LogP contribution < -0.4 is 5.32 Å². The quantitative estimate of drug-likeness (QED) is 0.722. The van der Waals surface area contributed by atoms with E-state index in [9.17, 15) is 9.59 Å². The van der Waals surface area contributed by atoms with Crippen LogP contribution in [-0.4, -0.2) is 35.3 Å². The number of nitrogens with zero attached hydrogens (tertiary/aromatic N) is 1. The van der Waals surface area contributed by atoms with Gasteiger partial charge in [0.1, 0.15) is 0 Å². The van der Waals surface area contributed by atoms with Gasteiger partial charge in [-0.15, -0.1) is 0 Å². The minimum Gasteiger partial charge on any atom is -0.302 e. The molecule has 1 aliphatic carbocycles. The van der Waals surface area contributed by atoms with Crippen molar-refractivity contribution < 1.29 is 9.59 Å². The van der Waals surface area contributed by atoms with E-state index in [0.717, 1.165) is 12.8 Å². The minimum atomic E-state index is -0.272. The van der Waals surface area contributed by atoms with E-state index in [-0.39, 0.29) is 17.9 Å². The highest BCUT2D eigenvalue weighted by molar-refractivity contribution is 6.05. The fraction of sp³-hybridized carbons (Fsp3) is 0.833. The Balaban J connectivity index is 1.93. The number of hydrogen-bond donors (Lipinski definition) is 1. The Morgan fingerprint density at radius 2 is 2.06 bits per heavy atom. The highest BCUT2D eigenvalue weighted by Gasteiger charge is 2.49. The van der Waals surface area contributed by atoms with Crippen molar-refractivity contribution in [1.82, 2.24) is 10.2 Å². The summed E-state index contributed by atoms with van der Waals surface area (Å²) in [5.41, 5.74) is 0.293. The van der Waals surface area contributed by atoms with Crippen LogP contribution in [0.4, 0.5) is 0 Å². The second-order valence-corrected chi connectivity index (χ2v) is 5.55. The van der Waals surface area contributed by atoms with Crippen LogP contribution >= 0.6 is 0 Å². The summed E-state index contributed by atoms with van der Waals surface area (Å²) in [4.78, 5) is 24.9. The maximum Gasteiger partial charge on any atom is 0.246 e. The SMILES string of the molecule is CCCN1C(=O)CC(NC2CC2(C)C)C1=O. The maximum atomic E-state index is 11.9. The lowest BCUT2D eigenvalue weighted by atomic mass is 10.1. The fourth-order valence-electron chi connectivity index (χ4n) is 2.27. The summed E-state index contributed by atoms with van der Waals surface area (Å²) in [7, 11) is 0. The lowest BCUT2D eigenvalue weighted by Gasteiger charge is -2.15. The monoisotopic (exact) mass is 224 g/mol. The molecule has 1 saturated heterocycles. The summed E-state index contributed by atoms with van der Waals surface area (Å²) < 4.78 is 0. The number of nitrogens with one attached hydrogen (secondary N) is 1. The number of carbonyl (C=O) groups is 2. The largest absolute Gasteiger partial charge is 0.302 e. The number of imide groups is 1. The molecule has 1 aliphatic heterocycles. The molecule has 1 saturated carbocycles. The van der Waals surface area contributed by atoms with Crippen LogP contribution in [0.5, 0.6) is 0 Å². The molecule has 0 aromatic carbocycles. The second kappa shape index (κ2) is 3.84. The fourth-order valence-corrected chi connectivity index (χ4v) is 2.27. The van der Waals surface area contributed by atoms with E-state index in [2.05, 4.69) is 19.2 Å². The van der Waals surface area contributed by atoms with E-state index in [1.165, 1.54) is 4.90 Å². The molecule has 4 heteroatoms. The molecule has 0 radical (unpaired) electrons. The van der Waals surface area contributed by atoms with Crippen LogP contribution in [0, 0.1) is 5.41 Å². The Kier molecular flexibility index (Phi) is 2.78. The molecule has 0 bridgehead atoms. The van der Waals surface area contributed by atoms with Crippen molar-refractivity contribution in [3.05, 3.63) is 0 Å². The highest BCUT2D eigenvalue weighted by atomic mass is 16.2. The third-order valence-electron chi connectivity index (χ3n) is 3.61. The van der Waals surface area contributed by atoms with Crippen LogP contribution in [0.3, 0.4) is 0 Å². The summed E-state index contributed by atoms with van der Waals surface area (Å²) >= 11 is 0. The number of likely N-dealkylation sites (tertiary alicyclic amines) is 1. The Hall–Kier alpha value is -0.900. The van der Waals surface area contributed by atoms with Gasteiger partial charge in [-0.3, -0.25) is 14.5 Å². The summed E-state index contributed by atoms with van der Waals surface area (Å²) in [5.74, 6) is -0.0580. The van der Waals surface area contributed by atoms with Gasteiger partial charge in [0.2, 0.25) is 11.8 Å². The number of carbonyl (C=O) groups excluding carboxylic acids is 2. The van der Waals surface area contributed by atoms with Crippen LogP contribution in [-0.2, 0) is 9.59 Å². The van der Waals surface area contributed by atoms with Crippen molar-refractivity contribution in [3.63, 3.8) is 0 Å². The van der Waals surface area contributed by atoms with E-state index in [1.54, 1.807) is 0 Å². The second-order valence-electron chi connectivity index (χ2n) is 5.55. The zero-order valence-electron chi connectivity index (χ0n) is 10.2. The van der Waals surface area contributed by atoms with E-state index in [1.807, 2.05) is 6.92 Å². The van der Waals surface area contributed by atoms with Crippen LogP contribution in [0.2, 0.25) is 0 Å². The molecular weight excluding hydrogens is 204 g/mol. The lowest BCUT2D eigenvalue weighted by Crippen LogP contribution is -2.41. The first kappa shape index (κ1) is 11.6. The highest BCUT2D eigenvalue weighted by Crippen LogP contribution is 2.45. The molecule has 2 aliphatic rings. The smallest absolute Gasteiger partial charge is 0.246 e. The van der Waals surface area contributed by atoms with Gasteiger partial charge in [-0.05, 0) is 18.3 Å².